The molecule has 1 aromatic carbocycles. The van der Waals surface area contributed by atoms with E-state index in [1.54, 1.807) is 0 Å². The van der Waals surface area contributed by atoms with Gasteiger partial charge in [-0.3, -0.25) is 0 Å². The van der Waals surface area contributed by atoms with E-state index < -0.39 is 0 Å². The first kappa shape index (κ1) is 13.2. The molecule has 2 nitrogen and oxygen atoms in total. The van der Waals surface area contributed by atoms with Crippen LogP contribution in [0.4, 0.5) is 5.69 Å². The molecule has 2 heteroatoms. The molecule has 0 aliphatic carbocycles. The number of anilines is 1. The van der Waals surface area contributed by atoms with Gasteiger partial charge in [0, 0.05) is 25.8 Å². The Bertz CT molecular complexity index is 435. The van der Waals surface area contributed by atoms with Gasteiger partial charge in [0.25, 0.3) is 0 Å². The summed E-state index contributed by atoms with van der Waals surface area (Å²) in [6.45, 7) is 7.63. The number of fused-ring (bicyclic) bond motifs is 1. The number of hydrogen-bond acceptors (Lipinski definition) is 2. The second kappa shape index (κ2) is 6.05. The van der Waals surface area contributed by atoms with Crippen molar-refractivity contribution in [2.24, 2.45) is 0 Å². The first-order valence-electron chi connectivity index (χ1n) is 6.92. The van der Waals surface area contributed by atoms with Crippen LogP contribution in [0, 0.1) is 0 Å². The number of nitrogens with zero attached hydrogens (tertiary/aromatic N) is 1. The number of likely N-dealkylation sites (N-methyl/N-ethyl adjacent to an activating group) is 1. The fraction of sp³-hybridized carbons (Fsp3) is 0.500. The number of nitrogens with one attached hydrogen (secondary N) is 1. The third-order valence-electron chi connectivity index (χ3n) is 3.48. The smallest absolute Gasteiger partial charge is 0.0397 e. The van der Waals surface area contributed by atoms with Crippen LogP contribution in [0.1, 0.15) is 31.4 Å². The third-order valence-corrected chi connectivity index (χ3v) is 3.48. The van der Waals surface area contributed by atoms with Crippen LogP contribution in [0.15, 0.2) is 23.8 Å². The van der Waals surface area contributed by atoms with Gasteiger partial charge in [-0.2, -0.15) is 0 Å². The molecule has 0 unspecified atom stereocenters. The van der Waals surface area contributed by atoms with Crippen molar-refractivity contribution in [1.29, 1.82) is 0 Å². The fourth-order valence-electron chi connectivity index (χ4n) is 2.47. The third kappa shape index (κ3) is 3.14. The summed E-state index contributed by atoms with van der Waals surface area (Å²) in [5.74, 6) is 0. The summed E-state index contributed by atoms with van der Waals surface area (Å²) in [6.07, 6.45) is 4.67. The Hall–Kier alpha value is -1.28. The molecule has 0 radical (unpaired) electrons. The van der Waals surface area contributed by atoms with Gasteiger partial charge in [0.15, 0.2) is 0 Å². The van der Waals surface area contributed by atoms with Gasteiger partial charge >= 0.3 is 0 Å². The Balaban J connectivity index is 2.04. The summed E-state index contributed by atoms with van der Waals surface area (Å²) in [5, 5.41) is 3.44. The van der Waals surface area contributed by atoms with E-state index in [0.29, 0.717) is 0 Å². The predicted octanol–water partition coefficient (Wildman–Crippen LogP) is 3.08. The lowest BCUT2D eigenvalue weighted by atomic mass is 10.1. The zero-order valence-electron chi connectivity index (χ0n) is 11.8. The first-order chi connectivity index (χ1) is 8.70. The van der Waals surface area contributed by atoms with E-state index in [2.05, 4.69) is 55.4 Å². The highest BCUT2D eigenvalue weighted by atomic mass is 15.1. The second-order valence-corrected chi connectivity index (χ2v) is 5.23. The molecule has 0 spiro atoms. The summed E-state index contributed by atoms with van der Waals surface area (Å²) in [5.41, 5.74) is 5.61. The Labute approximate surface area is 111 Å². The molecule has 1 heterocycles. The highest BCUT2D eigenvalue weighted by Crippen LogP contribution is 2.27. The molecule has 1 aliphatic rings. The van der Waals surface area contributed by atoms with Crippen LogP contribution in [-0.2, 0) is 6.42 Å². The van der Waals surface area contributed by atoms with Gasteiger partial charge in [-0.15, -0.1) is 0 Å². The van der Waals surface area contributed by atoms with Crippen LogP contribution < -0.4 is 10.2 Å². The number of hydrogen-bond donors (Lipinski definition) is 1. The average Bonchev–Trinajstić information content (AvgIpc) is 2.71. The molecule has 0 saturated heterocycles. The normalized spacial score (nSPS) is 15.1. The van der Waals surface area contributed by atoms with Gasteiger partial charge in [-0.05, 0) is 49.6 Å². The van der Waals surface area contributed by atoms with Crippen molar-refractivity contribution in [1.82, 2.24) is 5.32 Å². The molecule has 1 N–H and O–H groups in total. The monoisotopic (exact) mass is 244 g/mol. The summed E-state index contributed by atoms with van der Waals surface area (Å²) in [6, 6.07) is 6.81. The maximum absolute atomic E-state index is 3.44. The van der Waals surface area contributed by atoms with Crippen molar-refractivity contribution in [2.45, 2.75) is 26.7 Å². The molecule has 0 aromatic heterocycles. The zero-order valence-corrected chi connectivity index (χ0v) is 11.8. The van der Waals surface area contributed by atoms with E-state index in [0.717, 1.165) is 19.6 Å². The Morgan fingerprint density at radius 2 is 2.28 bits per heavy atom. The lowest BCUT2D eigenvalue weighted by molar-refractivity contribution is 0.715. The molecule has 0 fully saturated rings. The summed E-state index contributed by atoms with van der Waals surface area (Å²) < 4.78 is 0. The molecule has 1 aromatic rings. The Morgan fingerprint density at radius 3 is 3.06 bits per heavy atom. The van der Waals surface area contributed by atoms with Crippen LogP contribution in [0.25, 0.3) is 6.08 Å². The average molecular weight is 244 g/mol. The van der Waals surface area contributed by atoms with Crippen molar-refractivity contribution >= 4 is 11.8 Å². The summed E-state index contributed by atoms with van der Waals surface area (Å²) >= 11 is 0. The highest BCUT2D eigenvalue weighted by molar-refractivity contribution is 5.64. The molecule has 18 heavy (non-hydrogen) atoms. The van der Waals surface area contributed by atoms with Crippen molar-refractivity contribution in [3.05, 3.63) is 34.9 Å². The largest absolute Gasteiger partial charge is 0.374 e. The highest BCUT2D eigenvalue weighted by Gasteiger charge is 2.14. The predicted molar refractivity (Wildman–Crippen MR) is 80.2 cm³/mol. The van der Waals surface area contributed by atoms with Gasteiger partial charge in [0.1, 0.15) is 0 Å². The molecule has 0 atom stereocenters. The minimum absolute atomic E-state index is 0.991. The van der Waals surface area contributed by atoms with E-state index in [1.807, 2.05) is 0 Å². The Morgan fingerprint density at radius 1 is 1.44 bits per heavy atom. The second-order valence-electron chi connectivity index (χ2n) is 5.23. The SMILES string of the molecule is CCCNCC(C)=Cc1ccc2c(c1)CCN2C. The Kier molecular flexibility index (Phi) is 4.43. The van der Waals surface area contributed by atoms with Crippen LogP contribution in [-0.4, -0.2) is 26.7 Å². The molecular formula is C16H24N2. The molecule has 1 aliphatic heterocycles. The molecule has 0 saturated carbocycles. The van der Waals surface area contributed by atoms with Gasteiger partial charge in [-0.25, -0.2) is 0 Å². The zero-order chi connectivity index (χ0) is 13.0. The van der Waals surface area contributed by atoms with Crippen LogP contribution in [0.3, 0.4) is 0 Å². The van der Waals surface area contributed by atoms with E-state index >= 15 is 0 Å². The molecule has 2 rings (SSSR count). The topological polar surface area (TPSA) is 15.3 Å². The van der Waals surface area contributed by atoms with E-state index in [-0.39, 0.29) is 0 Å². The van der Waals surface area contributed by atoms with Crippen LogP contribution in [0.5, 0.6) is 0 Å². The summed E-state index contributed by atoms with van der Waals surface area (Å²) in [4.78, 5) is 2.33. The van der Waals surface area contributed by atoms with Crippen molar-refractivity contribution < 1.29 is 0 Å². The van der Waals surface area contributed by atoms with E-state index in [9.17, 15) is 0 Å². The van der Waals surface area contributed by atoms with Gasteiger partial charge < -0.3 is 10.2 Å². The van der Waals surface area contributed by atoms with Crippen LogP contribution in [0.2, 0.25) is 0 Å². The van der Waals surface area contributed by atoms with E-state index in [4.69, 9.17) is 0 Å². The number of rotatable bonds is 5. The molecule has 98 valence electrons. The first-order valence-corrected chi connectivity index (χ1v) is 6.92. The van der Waals surface area contributed by atoms with Gasteiger partial charge in [0.2, 0.25) is 0 Å². The fourth-order valence-corrected chi connectivity index (χ4v) is 2.47. The maximum Gasteiger partial charge on any atom is 0.0397 e. The van der Waals surface area contributed by atoms with Gasteiger partial charge in [0.05, 0.1) is 0 Å². The minimum atomic E-state index is 0.991. The lowest BCUT2D eigenvalue weighted by Crippen LogP contribution is -2.16. The molecule has 0 bridgehead atoms. The minimum Gasteiger partial charge on any atom is -0.374 e. The molecule has 0 amide bonds. The van der Waals surface area contributed by atoms with Crippen LogP contribution >= 0.6 is 0 Å². The lowest BCUT2D eigenvalue weighted by Gasteiger charge is -2.11. The van der Waals surface area contributed by atoms with Gasteiger partial charge in [-0.1, -0.05) is 24.6 Å². The quantitative estimate of drug-likeness (QED) is 0.801. The number of benzene rings is 1. The van der Waals surface area contributed by atoms with Crippen molar-refractivity contribution in [3.63, 3.8) is 0 Å². The standard InChI is InChI=1S/C16H24N2/c1-4-8-17-12-13(2)10-14-5-6-16-15(11-14)7-9-18(16)3/h5-6,10-11,17H,4,7-9,12H2,1-3H3. The van der Waals surface area contributed by atoms with Crippen molar-refractivity contribution in [2.75, 3.05) is 31.6 Å². The van der Waals surface area contributed by atoms with Crippen molar-refractivity contribution in [3.8, 4) is 0 Å². The summed E-state index contributed by atoms with van der Waals surface area (Å²) in [7, 11) is 2.17. The maximum atomic E-state index is 3.44. The van der Waals surface area contributed by atoms with E-state index in [1.165, 1.54) is 35.2 Å². The molecular weight excluding hydrogens is 220 g/mol.